The van der Waals surface area contributed by atoms with Gasteiger partial charge in [-0.05, 0) is 44.7 Å². The van der Waals surface area contributed by atoms with Crippen LogP contribution in [0.3, 0.4) is 0 Å². The van der Waals surface area contributed by atoms with Gasteiger partial charge in [0.1, 0.15) is 10.7 Å². The highest BCUT2D eigenvalue weighted by Gasteiger charge is 2.45. The van der Waals surface area contributed by atoms with E-state index in [1.54, 1.807) is 13.8 Å². The van der Waals surface area contributed by atoms with Gasteiger partial charge in [0.25, 0.3) is 0 Å². The average Bonchev–Trinajstić information content (AvgIpc) is 2.94. The fourth-order valence-electron chi connectivity index (χ4n) is 1.42. The van der Waals surface area contributed by atoms with Crippen molar-refractivity contribution >= 4 is 10.7 Å². The fraction of sp³-hybridized carbons (Fsp3) is 1.00. The van der Waals surface area contributed by atoms with Crippen molar-refractivity contribution in [3.05, 3.63) is 4.91 Å². The van der Waals surface area contributed by atoms with Gasteiger partial charge in [-0.15, -0.1) is 4.91 Å². The lowest BCUT2D eigenvalue weighted by Crippen LogP contribution is -2.22. The van der Waals surface area contributed by atoms with Gasteiger partial charge in [-0.3, -0.25) is 0 Å². The quantitative estimate of drug-likeness (QED) is 0.411. The lowest BCUT2D eigenvalue weighted by molar-refractivity contribution is -0.0135. The first-order chi connectivity index (χ1) is 6.92. The zero-order valence-electron chi connectivity index (χ0n) is 9.06. The van der Waals surface area contributed by atoms with E-state index in [9.17, 15) is 13.3 Å². The molecular weight excluding hydrogens is 218 g/mol. The summed E-state index contributed by atoms with van der Waals surface area (Å²) in [5.41, 5.74) is -1.00. The van der Waals surface area contributed by atoms with Crippen LogP contribution in [-0.4, -0.2) is 25.5 Å². The summed E-state index contributed by atoms with van der Waals surface area (Å²) in [5.74, 6) is 0. The monoisotopic (exact) mass is 235 g/mol. The van der Waals surface area contributed by atoms with E-state index in [0.29, 0.717) is 19.4 Å². The predicted molar refractivity (Wildman–Crippen MR) is 57.3 cm³/mol. The lowest BCUT2D eigenvalue weighted by atomic mass is 10.2. The Balaban J connectivity index is 2.20. The van der Waals surface area contributed by atoms with Crippen molar-refractivity contribution in [2.24, 2.45) is 5.18 Å². The normalized spacial score (nSPS) is 19.1. The first-order valence-corrected chi connectivity index (χ1v) is 6.23. The largest absolute Gasteiger partial charge is 0.351 e. The third-order valence-corrected chi connectivity index (χ3v) is 4.12. The molecular formula is C9H17NO4S. The van der Waals surface area contributed by atoms with Gasteiger partial charge in [0.05, 0.1) is 4.75 Å². The van der Waals surface area contributed by atoms with Crippen molar-refractivity contribution in [2.75, 3.05) is 6.61 Å². The highest BCUT2D eigenvalue weighted by atomic mass is 32.2. The minimum absolute atomic E-state index is 0.379. The van der Waals surface area contributed by atoms with Gasteiger partial charge in [0, 0.05) is 6.61 Å². The van der Waals surface area contributed by atoms with Crippen LogP contribution in [0.1, 0.15) is 39.5 Å². The average molecular weight is 235 g/mol. The van der Waals surface area contributed by atoms with Gasteiger partial charge in [-0.2, -0.15) is 0 Å². The molecule has 0 saturated heterocycles. The maximum absolute atomic E-state index is 10.9. The number of nitroso groups, excluding NO2 is 1. The van der Waals surface area contributed by atoms with Gasteiger partial charge in [0.2, 0.25) is 0 Å². The molecule has 0 unspecified atom stereocenters. The van der Waals surface area contributed by atoms with Gasteiger partial charge < -0.3 is 4.74 Å². The van der Waals surface area contributed by atoms with Crippen LogP contribution in [0.5, 0.6) is 0 Å². The number of thiol groups is 1. The highest BCUT2D eigenvalue weighted by molar-refractivity contribution is 7.74. The van der Waals surface area contributed by atoms with Crippen LogP contribution in [-0.2, 0) is 15.4 Å². The SMILES string of the molecule is CC(C)(N=O)OCCCC1([SH](=O)=O)CC1. The van der Waals surface area contributed by atoms with Gasteiger partial charge in [-0.1, -0.05) is 0 Å². The van der Waals surface area contributed by atoms with E-state index in [0.717, 1.165) is 12.8 Å². The van der Waals surface area contributed by atoms with Gasteiger partial charge in [0.15, 0.2) is 5.72 Å². The Bertz CT molecular complexity index is 299. The minimum atomic E-state index is -2.32. The number of nitrogens with zero attached hydrogens (tertiary/aromatic N) is 1. The van der Waals surface area contributed by atoms with Crippen LogP contribution >= 0.6 is 0 Å². The molecule has 1 rings (SSSR count). The highest BCUT2D eigenvalue weighted by Crippen LogP contribution is 2.43. The molecule has 5 nitrogen and oxygen atoms in total. The molecule has 6 heteroatoms. The second kappa shape index (κ2) is 4.57. The van der Waals surface area contributed by atoms with E-state index < -0.39 is 21.2 Å². The third kappa shape index (κ3) is 3.53. The van der Waals surface area contributed by atoms with Crippen molar-refractivity contribution in [3.63, 3.8) is 0 Å². The standard InChI is InChI=1S/C9H17NO4S/c1-8(2,10-11)14-7-3-4-9(5-6-9)15(12)13/h15H,3-7H2,1-2H3. The summed E-state index contributed by atoms with van der Waals surface area (Å²) < 4.78 is 26.5. The Hall–Kier alpha value is -0.490. The summed E-state index contributed by atoms with van der Waals surface area (Å²) in [7, 11) is -2.32. The second-order valence-corrected chi connectivity index (χ2v) is 5.93. The van der Waals surface area contributed by atoms with Gasteiger partial charge >= 0.3 is 0 Å². The summed E-state index contributed by atoms with van der Waals surface area (Å²) >= 11 is 0. The van der Waals surface area contributed by atoms with Crippen LogP contribution in [0, 0.1) is 4.91 Å². The Kier molecular flexibility index (Phi) is 3.83. The predicted octanol–water partition coefficient (Wildman–Crippen LogP) is 1.43. The van der Waals surface area contributed by atoms with Crippen molar-refractivity contribution in [1.82, 2.24) is 0 Å². The van der Waals surface area contributed by atoms with Crippen LogP contribution in [0.15, 0.2) is 5.18 Å². The number of rotatable bonds is 7. The molecule has 0 heterocycles. The van der Waals surface area contributed by atoms with E-state index >= 15 is 0 Å². The Morgan fingerprint density at radius 2 is 2.00 bits per heavy atom. The molecule has 0 bridgehead atoms. The first-order valence-electron chi connectivity index (χ1n) is 5.05. The molecule has 1 aliphatic rings. The van der Waals surface area contributed by atoms with Crippen LogP contribution in [0.25, 0.3) is 0 Å². The molecule has 0 aromatic rings. The molecule has 1 aliphatic carbocycles. The summed E-state index contributed by atoms with van der Waals surface area (Å²) in [6.45, 7) is 3.55. The number of hydrogen-bond donors (Lipinski definition) is 1. The van der Waals surface area contributed by atoms with Crippen molar-refractivity contribution in [3.8, 4) is 0 Å². The fourth-order valence-corrected chi connectivity index (χ4v) is 2.24. The molecule has 0 atom stereocenters. The summed E-state index contributed by atoms with van der Waals surface area (Å²) in [6.07, 6.45) is 2.81. The molecule has 0 aromatic heterocycles. The Morgan fingerprint density at radius 3 is 2.40 bits per heavy atom. The van der Waals surface area contributed by atoms with E-state index in [-0.39, 0.29) is 0 Å². The molecule has 0 amide bonds. The van der Waals surface area contributed by atoms with E-state index in [2.05, 4.69) is 5.18 Å². The third-order valence-electron chi connectivity index (χ3n) is 2.68. The van der Waals surface area contributed by atoms with Crippen LogP contribution in [0.2, 0.25) is 0 Å². The number of ether oxygens (including phenoxy) is 1. The molecule has 0 N–H and O–H groups in total. The molecule has 88 valence electrons. The Labute approximate surface area is 91.1 Å². The molecule has 0 radical (unpaired) electrons. The lowest BCUT2D eigenvalue weighted by Gasteiger charge is -2.16. The van der Waals surface area contributed by atoms with E-state index in [1.165, 1.54) is 0 Å². The summed E-state index contributed by atoms with van der Waals surface area (Å²) in [4.78, 5) is 10.3. The van der Waals surface area contributed by atoms with Crippen molar-refractivity contribution < 1.29 is 13.2 Å². The van der Waals surface area contributed by atoms with E-state index in [1.807, 2.05) is 0 Å². The number of hydrogen-bond acceptors (Lipinski definition) is 5. The Morgan fingerprint density at radius 1 is 1.40 bits per heavy atom. The molecule has 1 saturated carbocycles. The smallest absolute Gasteiger partial charge is 0.194 e. The molecule has 15 heavy (non-hydrogen) atoms. The maximum atomic E-state index is 10.9. The first kappa shape index (κ1) is 12.6. The van der Waals surface area contributed by atoms with Crippen molar-refractivity contribution in [1.29, 1.82) is 0 Å². The zero-order chi connectivity index (χ0) is 11.5. The topological polar surface area (TPSA) is 72.8 Å². The van der Waals surface area contributed by atoms with Gasteiger partial charge in [-0.25, -0.2) is 8.42 Å². The molecule has 0 aliphatic heterocycles. The summed E-state index contributed by atoms with van der Waals surface area (Å²) in [5, 5.41) is 2.81. The zero-order valence-corrected chi connectivity index (χ0v) is 9.96. The molecule has 1 fully saturated rings. The minimum Gasteiger partial charge on any atom is -0.351 e. The maximum Gasteiger partial charge on any atom is 0.194 e. The van der Waals surface area contributed by atoms with Crippen LogP contribution in [0.4, 0.5) is 0 Å². The summed E-state index contributed by atoms with van der Waals surface area (Å²) in [6, 6.07) is 0. The van der Waals surface area contributed by atoms with Crippen molar-refractivity contribution in [2.45, 2.75) is 50.0 Å². The molecule has 0 spiro atoms. The van der Waals surface area contributed by atoms with Crippen LogP contribution < -0.4 is 0 Å². The second-order valence-electron chi connectivity index (χ2n) is 4.47. The van der Waals surface area contributed by atoms with E-state index in [4.69, 9.17) is 4.74 Å². The molecule has 0 aromatic carbocycles.